The molecule has 0 aromatic rings. The SMILES string of the molecule is CCCCCCCCCCCCCCCC/C=C/CC/C=C/CCCC(=O)O[C@H](COC(=O)CCCCCCCCCCCCCCCCCCCCCCCC)COP(=O)([O-])OCC[N+](C)(C)C. The summed E-state index contributed by atoms with van der Waals surface area (Å²) in [6.07, 6.45) is 61.0. The second kappa shape index (κ2) is 51.4. The number of hydrogen-bond donors (Lipinski definition) is 0. The van der Waals surface area contributed by atoms with Gasteiger partial charge in [0, 0.05) is 12.8 Å². The van der Waals surface area contributed by atoms with Crippen LogP contribution in [-0.2, 0) is 32.7 Å². The van der Waals surface area contributed by atoms with Gasteiger partial charge in [-0.15, -0.1) is 0 Å². The predicted octanol–water partition coefficient (Wildman–Crippen LogP) is 17.6. The highest BCUT2D eigenvalue weighted by Gasteiger charge is 2.21. The van der Waals surface area contributed by atoms with Crippen LogP contribution in [0.4, 0.5) is 0 Å². The quantitative estimate of drug-likeness (QED) is 0.0195. The molecule has 0 rings (SSSR count). The predicted molar refractivity (Wildman–Crippen MR) is 291 cm³/mol. The van der Waals surface area contributed by atoms with E-state index in [1.807, 2.05) is 21.1 Å². The Bertz CT molecular complexity index is 1220. The number of phosphoric ester groups is 1. The van der Waals surface area contributed by atoms with Crippen molar-refractivity contribution >= 4 is 19.8 Å². The molecule has 9 nitrogen and oxygen atoms in total. The topological polar surface area (TPSA) is 111 Å². The number of rotatable bonds is 55. The average Bonchev–Trinajstić information content (AvgIpc) is 3.31. The Morgan fingerprint density at radius 1 is 0.435 bits per heavy atom. The third kappa shape index (κ3) is 55.7. The first-order valence-electron chi connectivity index (χ1n) is 29.5. The molecule has 10 heteroatoms. The summed E-state index contributed by atoms with van der Waals surface area (Å²) >= 11 is 0. The molecular formula is C59H114NO8P. The van der Waals surface area contributed by atoms with E-state index in [-0.39, 0.29) is 32.0 Å². The zero-order chi connectivity index (χ0) is 50.6. The summed E-state index contributed by atoms with van der Waals surface area (Å²) < 4.78 is 34.1. The van der Waals surface area contributed by atoms with Crippen molar-refractivity contribution in [2.24, 2.45) is 0 Å². The smallest absolute Gasteiger partial charge is 0.306 e. The van der Waals surface area contributed by atoms with E-state index >= 15 is 0 Å². The van der Waals surface area contributed by atoms with Gasteiger partial charge in [-0.25, -0.2) is 0 Å². The van der Waals surface area contributed by atoms with Crippen LogP contribution in [0.1, 0.15) is 290 Å². The number of carbonyl (C=O) groups excluding carboxylic acids is 2. The Morgan fingerprint density at radius 3 is 1.16 bits per heavy atom. The summed E-state index contributed by atoms with van der Waals surface area (Å²) in [5.74, 6) is -0.866. The number of likely N-dealkylation sites (N-methyl/N-ethyl adjacent to an activating group) is 1. The van der Waals surface area contributed by atoms with Crippen LogP contribution >= 0.6 is 7.82 Å². The third-order valence-electron chi connectivity index (χ3n) is 13.2. The van der Waals surface area contributed by atoms with Gasteiger partial charge in [0.05, 0.1) is 27.7 Å². The van der Waals surface area contributed by atoms with Crippen LogP contribution in [0.5, 0.6) is 0 Å². The number of phosphoric acid groups is 1. The highest BCUT2D eigenvalue weighted by molar-refractivity contribution is 7.45. The Morgan fingerprint density at radius 2 is 0.768 bits per heavy atom. The van der Waals surface area contributed by atoms with E-state index in [4.69, 9.17) is 18.5 Å². The van der Waals surface area contributed by atoms with Crippen molar-refractivity contribution in [3.05, 3.63) is 24.3 Å². The van der Waals surface area contributed by atoms with Crippen LogP contribution in [0.15, 0.2) is 24.3 Å². The van der Waals surface area contributed by atoms with Crippen molar-refractivity contribution in [2.75, 3.05) is 47.5 Å². The maximum absolute atomic E-state index is 12.8. The highest BCUT2D eigenvalue weighted by atomic mass is 31.2. The molecule has 1 unspecified atom stereocenters. The normalized spacial score (nSPS) is 13.4. The molecule has 0 saturated carbocycles. The van der Waals surface area contributed by atoms with Crippen molar-refractivity contribution in [2.45, 2.75) is 296 Å². The summed E-state index contributed by atoms with van der Waals surface area (Å²) in [5.41, 5.74) is 0. The molecule has 0 saturated heterocycles. The van der Waals surface area contributed by atoms with Crippen LogP contribution < -0.4 is 4.89 Å². The minimum absolute atomic E-state index is 0.0351. The minimum Gasteiger partial charge on any atom is -0.756 e. The Kier molecular flexibility index (Phi) is 50.3. The first-order chi connectivity index (χ1) is 33.5. The third-order valence-corrected chi connectivity index (χ3v) is 14.2. The number of quaternary nitrogens is 1. The summed E-state index contributed by atoms with van der Waals surface area (Å²) in [7, 11) is 1.16. The molecule has 0 N–H and O–H groups in total. The molecule has 69 heavy (non-hydrogen) atoms. The molecule has 408 valence electrons. The molecule has 0 heterocycles. The van der Waals surface area contributed by atoms with Crippen LogP contribution in [0.2, 0.25) is 0 Å². The highest BCUT2D eigenvalue weighted by Crippen LogP contribution is 2.38. The number of ether oxygens (including phenoxy) is 2. The van der Waals surface area contributed by atoms with Crippen LogP contribution in [0.25, 0.3) is 0 Å². The van der Waals surface area contributed by atoms with Gasteiger partial charge in [0.1, 0.15) is 19.8 Å². The van der Waals surface area contributed by atoms with Crippen molar-refractivity contribution in [3.8, 4) is 0 Å². The molecule has 0 fully saturated rings. The lowest BCUT2D eigenvalue weighted by atomic mass is 10.0. The van der Waals surface area contributed by atoms with E-state index in [1.54, 1.807) is 0 Å². The fourth-order valence-electron chi connectivity index (χ4n) is 8.62. The average molecular weight is 997 g/mol. The second-order valence-electron chi connectivity index (χ2n) is 21.4. The van der Waals surface area contributed by atoms with Gasteiger partial charge in [-0.05, 0) is 44.9 Å². The van der Waals surface area contributed by atoms with E-state index in [9.17, 15) is 19.0 Å². The van der Waals surface area contributed by atoms with E-state index in [1.165, 1.54) is 212 Å². The van der Waals surface area contributed by atoms with Gasteiger partial charge in [0.15, 0.2) is 6.10 Å². The van der Waals surface area contributed by atoms with Crippen LogP contribution in [-0.4, -0.2) is 70.0 Å². The van der Waals surface area contributed by atoms with Crippen LogP contribution in [0.3, 0.4) is 0 Å². The number of carbonyl (C=O) groups is 2. The molecule has 2 atom stereocenters. The van der Waals surface area contributed by atoms with Gasteiger partial charge in [0.2, 0.25) is 0 Å². The van der Waals surface area contributed by atoms with E-state index in [2.05, 4.69) is 38.2 Å². The number of nitrogens with zero attached hydrogens (tertiary/aromatic N) is 1. The number of unbranched alkanes of at least 4 members (excludes halogenated alkanes) is 37. The van der Waals surface area contributed by atoms with E-state index in [0.29, 0.717) is 17.4 Å². The maximum Gasteiger partial charge on any atom is 0.306 e. The molecule has 0 aromatic heterocycles. The molecule has 0 radical (unpaired) electrons. The van der Waals surface area contributed by atoms with Crippen molar-refractivity contribution in [1.82, 2.24) is 0 Å². The standard InChI is InChI=1S/C59H114NO8P/c1-6-8-10-12-14-16-18-20-22-24-26-28-30-32-34-36-38-40-42-44-46-48-50-52-59(62)68-57(56-67-69(63,64)66-54-53-60(3,4)5)55-65-58(61)51-49-47-45-43-41-39-37-35-33-31-29-27-25-23-21-19-17-15-13-11-9-7-2/h36,38,44,46,57H,6-35,37,39-43,45,47-56H2,1-5H3/b38-36+,46-44+/t57-/m1/s1. The van der Waals surface area contributed by atoms with Crippen molar-refractivity contribution < 1.29 is 42.1 Å². The second-order valence-corrected chi connectivity index (χ2v) is 22.8. The Balaban J connectivity index is 4.18. The molecule has 0 amide bonds. The lowest BCUT2D eigenvalue weighted by Gasteiger charge is -2.28. The number of allylic oxidation sites excluding steroid dienone is 4. The van der Waals surface area contributed by atoms with Gasteiger partial charge in [-0.3, -0.25) is 14.2 Å². The van der Waals surface area contributed by atoms with Gasteiger partial charge in [0.25, 0.3) is 7.82 Å². The van der Waals surface area contributed by atoms with Crippen molar-refractivity contribution in [3.63, 3.8) is 0 Å². The number of hydrogen-bond acceptors (Lipinski definition) is 8. The molecule has 0 spiro atoms. The molecule has 0 bridgehead atoms. The first kappa shape index (κ1) is 67.5. The summed E-state index contributed by atoms with van der Waals surface area (Å²) in [6.45, 7) is 4.25. The van der Waals surface area contributed by atoms with Gasteiger partial charge >= 0.3 is 11.9 Å². The zero-order valence-corrected chi connectivity index (χ0v) is 47.2. The molecule has 0 aromatic carbocycles. The lowest BCUT2D eigenvalue weighted by molar-refractivity contribution is -0.870. The van der Waals surface area contributed by atoms with Crippen LogP contribution in [0, 0.1) is 0 Å². The molecule has 0 aliphatic carbocycles. The lowest BCUT2D eigenvalue weighted by Crippen LogP contribution is -2.37. The fourth-order valence-corrected chi connectivity index (χ4v) is 9.35. The Labute approximate surface area is 428 Å². The Hall–Kier alpha value is -1.51. The van der Waals surface area contributed by atoms with Crippen molar-refractivity contribution in [1.29, 1.82) is 0 Å². The largest absolute Gasteiger partial charge is 0.756 e. The first-order valence-corrected chi connectivity index (χ1v) is 31.0. The summed E-state index contributed by atoms with van der Waals surface area (Å²) in [6, 6.07) is 0. The minimum atomic E-state index is -4.64. The maximum atomic E-state index is 12.8. The molecule has 0 aliphatic heterocycles. The van der Waals surface area contributed by atoms with Gasteiger partial charge in [-0.2, -0.15) is 0 Å². The van der Waals surface area contributed by atoms with E-state index in [0.717, 1.165) is 44.9 Å². The fraction of sp³-hybridized carbons (Fsp3) is 0.898. The molecule has 0 aliphatic rings. The monoisotopic (exact) mass is 996 g/mol. The summed E-state index contributed by atoms with van der Waals surface area (Å²) in [4.78, 5) is 37.8. The number of esters is 2. The van der Waals surface area contributed by atoms with Gasteiger partial charge in [-0.1, -0.05) is 256 Å². The zero-order valence-electron chi connectivity index (χ0n) is 46.3. The van der Waals surface area contributed by atoms with Gasteiger partial charge < -0.3 is 27.9 Å². The van der Waals surface area contributed by atoms with E-state index < -0.39 is 26.5 Å². The summed E-state index contributed by atoms with van der Waals surface area (Å²) in [5, 5.41) is 0. The molecular weight excluding hydrogens is 882 g/mol.